The molecule has 114 valence electrons. The van der Waals surface area contributed by atoms with E-state index in [0.29, 0.717) is 0 Å². The third-order valence-corrected chi connectivity index (χ3v) is 5.16. The van der Waals surface area contributed by atoms with Crippen LogP contribution >= 0.6 is 11.3 Å². The first kappa shape index (κ1) is 15.0. The Labute approximate surface area is 132 Å². The summed E-state index contributed by atoms with van der Waals surface area (Å²) in [6, 6.07) is 14.6. The molecule has 0 aliphatic carbocycles. The number of aromatic nitrogens is 1. The lowest BCUT2D eigenvalue weighted by molar-refractivity contribution is 0.598. The molecule has 0 aliphatic heterocycles. The second kappa shape index (κ2) is 6.04. The van der Waals surface area contributed by atoms with Gasteiger partial charge in [-0.1, -0.05) is 35.6 Å². The van der Waals surface area contributed by atoms with Crippen LogP contribution in [0.1, 0.15) is 5.56 Å². The van der Waals surface area contributed by atoms with E-state index in [9.17, 15) is 8.42 Å². The molecule has 3 rings (SSSR count). The zero-order chi connectivity index (χ0) is 15.6. The Morgan fingerprint density at radius 2 is 1.82 bits per heavy atom. The monoisotopic (exact) mass is 333 g/mol. The molecule has 0 atom stereocenters. The van der Waals surface area contributed by atoms with Gasteiger partial charge in [0.1, 0.15) is 0 Å². The molecule has 0 amide bonds. The molecule has 0 unspecified atom stereocenters. The largest absolute Gasteiger partial charge is 0.361 e. The average Bonchev–Trinajstić information content (AvgIpc) is 2.89. The molecule has 22 heavy (non-hydrogen) atoms. The van der Waals surface area contributed by atoms with Gasteiger partial charge in [0, 0.05) is 6.54 Å². The normalized spacial score (nSPS) is 11.7. The van der Waals surface area contributed by atoms with Crippen molar-refractivity contribution in [3.05, 3.63) is 54.1 Å². The van der Waals surface area contributed by atoms with Crippen molar-refractivity contribution in [2.45, 2.75) is 11.3 Å². The van der Waals surface area contributed by atoms with Gasteiger partial charge in [0.15, 0.2) is 5.13 Å². The Kier molecular flexibility index (Phi) is 4.10. The summed E-state index contributed by atoms with van der Waals surface area (Å²) < 4.78 is 23.5. The van der Waals surface area contributed by atoms with Crippen molar-refractivity contribution in [3.63, 3.8) is 0 Å². The van der Waals surface area contributed by atoms with Crippen LogP contribution in [0.5, 0.6) is 0 Å². The summed E-state index contributed by atoms with van der Waals surface area (Å²) in [6.07, 6.45) is 0.779. The van der Waals surface area contributed by atoms with Crippen molar-refractivity contribution >= 4 is 36.7 Å². The Bertz CT molecular complexity index is 854. The van der Waals surface area contributed by atoms with E-state index in [1.165, 1.54) is 12.1 Å². The van der Waals surface area contributed by atoms with Gasteiger partial charge in [0.05, 0.1) is 15.1 Å². The van der Waals surface area contributed by atoms with Gasteiger partial charge in [0.25, 0.3) is 0 Å². The Morgan fingerprint density at radius 1 is 1.09 bits per heavy atom. The van der Waals surface area contributed by atoms with Crippen LogP contribution < -0.4 is 10.5 Å². The van der Waals surface area contributed by atoms with Crippen molar-refractivity contribution in [1.82, 2.24) is 4.98 Å². The average molecular weight is 333 g/mol. The SMILES string of the molecule is NS(=O)(=O)c1ccc(CCNc2nc3ccccc3s2)cc1. The van der Waals surface area contributed by atoms with Crippen LogP contribution in [0.15, 0.2) is 53.4 Å². The van der Waals surface area contributed by atoms with Crippen LogP contribution in [0, 0.1) is 0 Å². The fraction of sp³-hybridized carbons (Fsp3) is 0.133. The number of hydrogen-bond donors (Lipinski definition) is 2. The van der Waals surface area contributed by atoms with E-state index in [1.807, 2.05) is 24.3 Å². The first-order chi connectivity index (χ1) is 10.5. The van der Waals surface area contributed by atoms with Gasteiger partial charge in [-0.3, -0.25) is 0 Å². The molecule has 0 aliphatic rings. The Morgan fingerprint density at radius 3 is 2.50 bits per heavy atom. The van der Waals surface area contributed by atoms with Crippen molar-refractivity contribution in [3.8, 4) is 0 Å². The van der Waals surface area contributed by atoms with Gasteiger partial charge < -0.3 is 5.32 Å². The van der Waals surface area contributed by atoms with Gasteiger partial charge in [-0.05, 0) is 36.2 Å². The number of nitrogens with one attached hydrogen (secondary N) is 1. The number of thiazole rings is 1. The first-order valence-corrected chi connectivity index (χ1v) is 9.10. The highest BCUT2D eigenvalue weighted by Crippen LogP contribution is 2.25. The summed E-state index contributed by atoms with van der Waals surface area (Å²) in [6.45, 7) is 0.731. The molecule has 7 heteroatoms. The van der Waals surface area contributed by atoms with E-state index in [0.717, 1.165) is 33.9 Å². The predicted molar refractivity (Wildman–Crippen MR) is 89.6 cm³/mol. The molecule has 0 radical (unpaired) electrons. The number of hydrogen-bond acceptors (Lipinski definition) is 5. The van der Waals surface area contributed by atoms with E-state index >= 15 is 0 Å². The second-order valence-corrected chi connectivity index (χ2v) is 7.44. The highest BCUT2D eigenvalue weighted by atomic mass is 32.2. The standard InChI is InChI=1S/C15H15N3O2S2/c16-22(19,20)12-7-5-11(6-8-12)9-10-17-15-18-13-3-1-2-4-14(13)21-15/h1-8H,9-10H2,(H,17,18)(H2,16,19,20). The Hall–Kier alpha value is -1.96. The van der Waals surface area contributed by atoms with Crippen LogP contribution in [0.3, 0.4) is 0 Å². The lowest BCUT2D eigenvalue weighted by atomic mass is 10.1. The number of anilines is 1. The summed E-state index contributed by atoms with van der Waals surface area (Å²) in [5.41, 5.74) is 2.04. The summed E-state index contributed by atoms with van der Waals surface area (Å²) in [4.78, 5) is 4.64. The molecule has 1 aromatic heterocycles. The number of para-hydroxylation sites is 1. The summed E-state index contributed by atoms with van der Waals surface area (Å²) in [5, 5.41) is 9.26. The van der Waals surface area contributed by atoms with E-state index in [4.69, 9.17) is 5.14 Å². The molecule has 0 fully saturated rings. The number of primary sulfonamides is 1. The van der Waals surface area contributed by atoms with Gasteiger partial charge in [-0.2, -0.15) is 0 Å². The van der Waals surface area contributed by atoms with E-state index in [1.54, 1.807) is 23.5 Å². The lowest BCUT2D eigenvalue weighted by Crippen LogP contribution is -2.12. The third kappa shape index (κ3) is 3.44. The summed E-state index contributed by atoms with van der Waals surface area (Å²) in [7, 11) is -3.62. The van der Waals surface area contributed by atoms with Gasteiger partial charge in [0.2, 0.25) is 10.0 Å². The zero-order valence-corrected chi connectivity index (χ0v) is 13.3. The van der Waals surface area contributed by atoms with Crippen molar-refractivity contribution in [1.29, 1.82) is 0 Å². The van der Waals surface area contributed by atoms with Gasteiger partial charge in [-0.25, -0.2) is 18.5 Å². The maximum absolute atomic E-state index is 11.2. The molecule has 3 N–H and O–H groups in total. The molecule has 0 saturated heterocycles. The zero-order valence-electron chi connectivity index (χ0n) is 11.7. The van der Waals surface area contributed by atoms with Crippen molar-refractivity contribution < 1.29 is 8.42 Å². The lowest BCUT2D eigenvalue weighted by Gasteiger charge is -2.04. The van der Waals surface area contributed by atoms with Crippen LogP contribution in [0.25, 0.3) is 10.2 Å². The van der Waals surface area contributed by atoms with Gasteiger partial charge >= 0.3 is 0 Å². The van der Waals surface area contributed by atoms with Crippen molar-refractivity contribution in [2.75, 3.05) is 11.9 Å². The van der Waals surface area contributed by atoms with E-state index in [-0.39, 0.29) is 4.90 Å². The van der Waals surface area contributed by atoms with Crippen LogP contribution in [0.2, 0.25) is 0 Å². The number of nitrogens with zero attached hydrogens (tertiary/aromatic N) is 1. The molecule has 1 heterocycles. The molecule has 0 spiro atoms. The molecule has 5 nitrogen and oxygen atoms in total. The molecule has 2 aromatic carbocycles. The van der Waals surface area contributed by atoms with Crippen molar-refractivity contribution in [2.24, 2.45) is 5.14 Å². The highest BCUT2D eigenvalue weighted by molar-refractivity contribution is 7.89. The topological polar surface area (TPSA) is 85.1 Å². The number of fused-ring (bicyclic) bond motifs is 1. The summed E-state index contributed by atoms with van der Waals surface area (Å²) in [5.74, 6) is 0. The van der Waals surface area contributed by atoms with Gasteiger partial charge in [-0.15, -0.1) is 0 Å². The smallest absolute Gasteiger partial charge is 0.238 e. The second-order valence-electron chi connectivity index (χ2n) is 4.85. The fourth-order valence-corrected chi connectivity index (χ4v) is 3.51. The molecular formula is C15H15N3O2S2. The third-order valence-electron chi connectivity index (χ3n) is 3.24. The molecule has 3 aromatic rings. The van der Waals surface area contributed by atoms with E-state index in [2.05, 4.69) is 10.3 Å². The maximum atomic E-state index is 11.2. The fourth-order valence-electron chi connectivity index (χ4n) is 2.11. The maximum Gasteiger partial charge on any atom is 0.238 e. The van der Waals surface area contributed by atoms with Crippen LogP contribution in [-0.2, 0) is 16.4 Å². The number of rotatable bonds is 5. The van der Waals surface area contributed by atoms with E-state index < -0.39 is 10.0 Å². The highest BCUT2D eigenvalue weighted by Gasteiger charge is 2.07. The Balaban J connectivity index is 1.61. The molecule has 0 saturated carbocycles. The number of sulfonamides is 1. The van der Waals surface area contributed by atoms with Crippen LogP contribution in [-0.4, -0.2) is 19.9 Å². The number of benzene rings is 2. The predicted octanol–water partition coefficient (Wildman–Crippen LogP) is 2.60. The number of nitrogens with two attached hydrogens (primary N) is 1. The minimum Gasteiger partial charge on any atom is -0.361 e. The minimum atomic E-state index is -3.62. The molecule has 0 bridgehead atoms. The summed E-state index contributed by atoms with van der Waals surface area (Å²) >= 11 is 1.62. The molecular weight excluding hydrogens is 318 g/mol. The minimum absolute atomic E-state index is 0.135. The quantitative estimate of drug-likeness (QED) is 0.751. The van der Waals surface area contributed by atoms with Crippen LogP contribution in [0.4, 0.5) is 5.13 Å². The first-order valence-electron chi connectivity index (χ1n) is 6.73.